The van der Waals surface area contributed by atoms with E-state index in [2.05, 4.69) is 32.7 Å². The minimum atomic E-state index is -0.812. The minimum Gasteiger partial charge on any atom is -0.316 e. The number of nitrogens with zero attached hydrogens (tertiary/aromatic N) is 1. The minimum absolute atomic E-state index is 0.438. The molecule has 2 aromatic rings. The fraction of sp³-hybridized carbons (Fsp3) is 0.0833. The average Bonchev–Trinajstić information content (AvgIpc) is 2.90. The number of para-hydroxylation sites is 1. The lowest BCUT2D eigenvalue weighted by molar-refractivity contribution is -0.119. The maximum Gasteiger partial charge on any atom is 0.322 e. The third kappa shape index (κ3) is 1.68. The fourth-order valence-electron chi connectivity index (χ4n) is 1.72. The number of nitrogens with one attached hydrogen (secondary N) is 3. The molecule has 3 amide bonds. The van der Waals surface area contributed by atoms with E-state index in [1.165, 1.54) is 0 Å². The molecule has 1 aromatic carbocycles. The standard InChI is InChI=1S/C12H8N4O2/c17-11-10(13-12(18)14-11)6-5-9-7-3-1-2-4-8(7)15-16-9/h1-4,10H,(H,15,16)(H2,13,14,17,18). The summed E-state index contributed by atoms with van der Waals surface area (Å²) in [6.45, 7) is 0. The van der Waals surface area contributed by atoms with Crippen molar-refractivity contribution in [3.8, 4) is 11.8 Å². The second-order valence-electron chi connectivity index (χ2n) is 3.78. The van der Waals surface area contributed by atoms with Gasteiger partial charge < -0.3 is 5.32 Å². The van der Waals surface area contributed by atoms with Crippen LogP contribution in [0.15, 0.2) is 24.3 Å². The molecule has 6 nitrogen and oxygen atoms in total. The molecule has 0 aliphatic carbocycles. The number of fused-ring (bicyclic) bond motifs is 1. The van der Waals surface area contributed by atoms with Gasteiger partial charge in [-0.05, 0) is 18.1 Å². The monoisotopic (exact) mass is 240 g/mol. The van der Waals surface area contributed by atoms with Crippen LogP contribution in [0.1, 0.15) is 5.69 Å². The lowest BCUT2D eigenvalue weighted by Gasteiger charge is -1.93. The predicted molar refractivity (Wildman–Crippen MR) is 63.4 cm³/mol. The first-order chi connectivity index (χ1) is 8.74. The molecule has 0 saturated carbocycles. The van der Waals surface area contributed by atoms with Crippen LogP contribution in [0.4, 0.5) is 4.79 Å². The van der Waals surface area contributed by atoms with Crippen LogP contribution in [0.5, 0.6) is 0 Å². The van der Waals surface area contributed by atoms with Gasteiger partial charge >= 0.3 is 6.03 Å². The Bertz CT molecular complexity index is 707. The molecule has 3 rings (SSSR count). The van der Waals surface area contributed by atoms with E-state index < -0.39 is 18.0 Å². The van der Waals surface area contributed by atoms with Crippen LogP contribution in [0.3, 0.4) is 0 Å². The third-order valence-corrected chi connectivity index (χ3v) is 2.58. The van der Waals surface area contributed by atoms with Crippen molar-refractivity contribution >= 4 is 22.8 Å². The van der Waals surface area contributed by atoms with E-state index in [4.69, 9.17) is 0 Å². The Hall–Kier alpha value is -2.81. The molecule has 6 heteroatoms. The molecule has 1 aromatic heterocycles. The van der Waals surface area contributed by atoms with Crippen LogP contribution in [0.2, 0.25) is 0 Å². The number of imide groups is 1. The topological polar surface area (TPSA) is 86.9 Å². The van der Waals surface area contributed by atoms with Gasteiger partial charge in [-0.25, -0.2) is 4.79 Å². The van der Waals surface area contributed by atoms with Crippen LogP contribution in [-0.2, 0) is 4.79 Å². The largest absolute Gasteiger partial charge is 0.322 e. The highest BCUT2D eigenvalue weighted by atomic mass is 16.2. The molecule has 1 saturated heterocycles. The third-order valence-electron chi connectivity index (χ3n) is 2.58. The normalized spacial score (nSPS) is 18.1. The summed E-state index contributed by atoms with van der Waals surface area (Å²) in [5.74, 6) is 5.03. The molecule has 1 unspecified atom stereocenters. The van der Waals surface area contributed by atoms with Gasteiger partial charge in [0.15, 0.2) is 6.04 Å². The molecule has 1 aliphatic rings. The first-order valence-electron chi connectivity index (χ1n) is 5.30. The Labute approximate surface area is 102 Å². The molecule has 0 spiro atoms. The van der Waals surface area contributed by atoms with Crippen molar-refractivity contribution in [3.63, 3.8) is 0 Å². The number of aromatic nitrogens is 2. The van der Waals surface area contributed by atoms with Gasteiger partial charge in [0.2, 0.25) is 0 Å². The van der Waals surface area contributed by atoms with Crippen LogP contribution in [0.25, 0.3) is 10.9 Å². The van der Waals surface area contributed by atoms with Gasteiger partial charge in [-0.1, -0.05) is 18.1 Å². The number of amides is 3. The van der Waals surface area contributed by atoms with E-state index in [0.29, 0.717) is 5.69 Å². The van der Waals surface area contributed by atoms with Gasteiger partial charge in [-0.2, -0.15) is 5.10 Å². The number of urea groups is 1. The first-order valence-corrected chi connectivity index (χ1v) is 5.30. The molecule has 1 aliphatic heterocycles. The van der Waals surface area contributed by atoms with E-state index in [9.17, 15) is 9.59 Å². The Morgan fingerprint density at radius 1 is 1.22 bits per heavy atom. The second-order valence-corrected chi connectivity index (χ2v) is 3.78. The van der Waals surface area contributed by atoms with Crippen LogP contribution >= 0.6 is 0 Å². The van der Waals surface area contributed by atoms with Crippen molar-refractivity contribution < 1.29 is 9.59 Å². The number of rotatable bonds is 0. The summed E-state index contributed by atoms with van der Waals surface area (Å²) in [5, 5.41) is 12.3. The van der Waals surface area contributed by atoms with Gasteiger partial charge in [0.25, 0.3) is 5.91 Å². The summed E-state index contributed by atoms with van der Waals surface area (Å²) in [5.41, 5.74) is 1.43. The summed E-state index contributed by atoms with van der Waals surface area (Å²) < 4.78 is 0. The van der Waals surface area contributed by atoms with E-state index in [1.807, 2.05) is 24.3 Å². The zero-order chi connectivity index (χ0) is 12.5. The van der Waals surface area contributed by atoms with Crippen molar-refractivity contribution in [2.45, 2.75) is 6.04 Å². The SMILES string of the molecule is O=C1NC(=O)C(C#Cc2n[nH]c3ccccc23)N1. The molecule has 0 radical (unpaired) electrons. The summed E-state index contributed by atoms with van der Waals surface area (Å²) in [6.07, 6.45) is 0. The van der Waals surface area contributed by atoms with Gasteiger partial charge in [-0.3, -0.25) is 15.2 Å². The lowest BCUT2D eigenvalue weighted by Crippen LogP contribution is -2.26. The first kappa shape index (κ1) is 10.4. The second kappa shape index (κ2) is 3.89. The quantitative estimate of drug-likeness (QED) is 0.451. The van der Waals surface area contributed by atoms with Crippen molar-refractivity contribution in [1.29, 1.82) is 0 Å². The van der Waals surface area contributed by atoms with Crippen molar-refractivity contribution in [3.05, 3.63) is 30.0 Å². The molecule has 3 N–H and O–H groups in total. The summed E-state index contributed by atoms with van der Waals surface area (Å²) >= 11 is 0. The zero-order valence-corrected chi connectivity index (χ0v) is 9.15. The van der Waals surface area contributed by atoms with E-state index >= 15 is 0 Å². The highest BCUT2D eigenvalue weighted by Crippen LogP contribution is 2.13. The fourth-order valence-corrected chi connectivity index (χ4v) is 1.72. The molecular formula is C12H8N4O2. The van der Waals surface area contributed by atoms with Gasteiger partial charge in [-0.15, -0.1) is 0 Å². The molecule has 1 fully saturated rings. The average molecular weight is 240 g/mol. The molecule has 1 atom stereocenters. The predicted octanol–water partition coefficient (Wildman–Crippen LogP) is 0.122. The number of carbonyl (C=O) groups is 2. The molecule has 0 bridgehead atoms. The highest BCUT2D eigenvalue weighted by Gasteiger charge is 2.27. The van der Waals surface area contributed by atoms with Crippen LogP contribution in [-0.4, -0.2) is 28.2 Å². The summed E-state index contributed by atoms with van der Waals surface area (Å²) in [7, 11) is 0. The molecule has 18 heavy (non-hydrogen) atoms. The smallest absolute Gasteiger partial charge is 0.316 e. The number of hydrogen-bond donors (Lipinski definition) is 3. The maximum absolute atomic E-state index is 11.3. The summed E-state index contributed by atoms with van der Waals surface area (Å²) in [4.78, 5) is 22.2. The van der Waals surface area contributed by atoms with Crippen LogP contribution in [0, 0.1) is 11.8 Å². The number of aromatic amines is 1. The highest BCUT2D eigenvalue weighted by molar-refractivity contribution is 6.06. The number of H-pyrrole nitrogens is 1. The van der Waals surface area contributed by atoms with Gasteiger partial charge in [0.1, 0.15) is 5.69 Å². The van der Waals surface area contributed by atoms with Crippen LogP contribution < -0.4 is 10.6 Å². The molecular weight excluding hydrogens is 232 g/mol. The van der Waals surface area contributed by atoms with E-state index in [0.717, 1.165) is 10.9 Å². The van der Waals surface area contributed by atoms with Crippen molar-refractivity contribution in [2.24, 2.45) is 0 Å². The number of hydrogen-bond acceptors (Lipinski definition) is 3. The Balaban J connectivity index is 1.94. The van der Waals surface area contributed by atoms with E-state index in [-0.39, 0.29) is 0 Å². The Morgan fingerprint density at radius 2 is 2.06 bits per heavy atom. The number of benzene rings is 1. The maximum atomic E-state index is 11.3. The Kier molecular flexibility index (Phi) is 2.24. The molecule has 88 valence electrons. The zero-order valence-electron chi connectivity index (χ0n) is 9.15. The van der Waals surface area contributed by atoms with Crippen molar-refractivity contribution in [1.82, 2.24) is 20.8 Å². The Morgan fingerprint density at radius 3 is 2.83 bits per heavy atom. The van der Waals surface area contributed by atoms with E-state index in [1.54, 1.807) is 0 Å². The van der Waals surface area contributed by atoms with Gasteiger partial charge in [0, 0.05) is 5.39 Å². The number of carbonyl (C=O) groups excluding carboxylic acids is 2. The molecule has 2 heterocycles. The van der Waals surface area contributed by atoms with Gasteiger partial charge in [0.05, 0.1) is 5.52 Å². The lowest BCUT2D eigenvalue weighted by atomic mass is 10.2. The summed E-state index contributed by atoms with van der Waals surface area (Å²) in [6, 6.07) is 6.21. The van der Waals surface area contributed by atoms with Crippen molar-refractivity contribution in [2.75, 3.05) is 0 Å².